The standard InChI is InChI=1S/C21H25F2N3O3/c1-6-15-24-9-12(10-25-15)26-20(27)19-16(11(2)21(3,4)29-19)13-7-8-14(22)17(23)18(13)28-5/h7-11,16,19H,6H2,1-5H3,(H,26,27)/t11-,16-,19+/m0/s1. The van der Waals surface area contributed by atoms with Gasteiger partial charge in [-0.1, -0.05) is 19.9 Å². The molecule has 1 N–H and O–H groups in total. The third kappa shape index (κ3) is 3.94. The number of hydrogen-bond acceptors (Lipinski definition) is 5. The third-order valence-corrected chi connectivity index (χ3v) is 5.58. The lowest BCUT2D eigenvalue weighted by Crippen LogP contribution is -2.33. The van der Waals surface area contributed by atoms with Crippen LogP contribution in [0.15, 0.2) is 24.5 Å². The average molecular weight is 405 g/mol. The van der Waals surface area contributed by atoms with Gasteiger partial charge in [0, 0.05) is 17.9 Å². The summed E-state index contributed by atoms with van der Waals surface area (Å²) in [4.78, 5) is 21.4. The van der Waals surface area contributed by atoms with Crippen molar-refractivity contribution in [1.82, 2.24) is 9.97 Å². The molecule has 1 aliphatic heterocycles. The maximum Gasteiger partial charge on any atom is 0.254 e. The molecule has 2 aromatic rings. The summed E-state index contributed by atoms with van der Waals surface area (Å²) in [6.45, 7) is 7.58. The summed E-state index contributed by atoms with van der Waals surface area (Å²) in [5, 5.41) is 2.76. The molecule has 0 bridgehead atoms. The number of aromatic nitrogens is 2. The molecule has 29 heavy (non-hydrogen) atoms. The van der Waals surface area contributed by atoms with Gasteiger partial charge >= 0.3 is 0 Å². The summed E-state index contributed by atoms with van der Waals surface area (Å²) < 4.78 is 39.2. The van der Waals surface area contributed by atoms with Crippen LogP contribution in [0.25, 0.3) is 0 Å². The van der Waals surface area contributed by atoms with Crippen LogP contribution < -0.4 is 10.1 Å². The van der Waals surface area contributed by atoms with Gasteiger partial charge in [0.25, 0.3) is 5.91 Å². The average Bonchev–Trinajstić information content (AvgIpc) is 2.94. The lowest BCUT2D eigenvalue weighted by molar-refractivity contribution is -0.131. The highest BCUT2D eigenvalue weighted by Crippen LogP contribution is 2.49. The van der Waals surface area contributed by atoms with Crippen LogP contribution >= 0.6 is 0 Å². The van der Waals surface area contributed by atoms with E-state index in [0.717, 1.165) is 6.07 Å². The molecule has 1 amide bonds. The number of nitrogens with zero attached hydrogens (tertiary/aromatic N) is 2. The van der Waals surface area contributed by atoms with Crippen molar-refractivity contribution in [3.63, 3.8) is 0 Å². The van der Waals surface area contributed by atoms with Crippen molar-refractivity contribution in [3.8, 4) is 5.75 Å². The summed E-state index contributed by atoms with van der Waals surface area (Å²) in [7, 11) is 1.27. The number of nitrogens with one attached hydrogen (secondary N) is 1. The van der Waals surface area contributed by atoms with Crippen molar-refractivity contribution in [2.75, 3.05) is 12.4 Å². The number of benzene rings is 1. The largest absolute Gasteiger partial charge is 0.493 e. The van der Waals surface area contributed by atoms with E-state index in [0.29, 0.717) is 23.5 Å². The fourth-order valence-corrected chi connectivity index (χ4v) is 3.68. The molecule has 1 saturated heterocycles. The van der Waals surface area contributed by atoms with Crippen LogP contribution in [0.2, 0.25) is 0 Å². The number of carbonyl (C=O) groups excluding carboxylic acids is 1. The van der Waals surface area contributed by atoms with Crippen LogP contribution in [0.3, 0.4) is 0 Å². The van der Waals surface area contributed by atoms with Crippen molar-refractivity contribution in [1.29, 1.82) is 0 Å². The van der Waals surface area contributed by atoms with E-state index in [2.05, 4.69) is 15.3 Å². The van der Waals surface area contributed by atoms with Gasteiger partial charge in [0.2, 0.25) is 5.82 Å². The van der Waals surface area contributed by atoms with E-state index in [-0.39, 0.29) is 11.7 Å². The maximum absolute atomic E-state index is 14.3. The Morgan fingerprint density at radius 1 is 1.28 bits per heavy atom. The number of hydrogen-bond donors (Lipinski definition) is 1. The van der Waals surface area contributed by atoms with Crippen LogP contribution in [0.5, 0.6) is 5.75 Å². The van der Waals surface area contributed by atoms with Crippen LogP contribution in [0, 0.1) is 17.6 Å². The highest BCUT2D eigenvalue weighted by Gasteiger charge is 2.51. The van der Waals surface area contributed by atoms with Crippen molar-refractivity contribution in [2.24, 2.45) is 5.92 Å². The second-order valence-electron chi connectivity index (χ2n) is 7.67. The molecule has 3 rings (SSSR count). The Labute approximate surface area is 168 Å². The molecule has 3 atom stereocenters. The van der Waals surface area contributed by atoms with Crippen molar-refractivity contribution >= 4 is 11.6 Å². The molecule has 6 nitrogen and oxygen atoms in total. The van der Waals surface area contributed by atoms with E-state index in [9.17, 15) is 13.6 Å². The SMILES string of the molecule is CCc1ncc(NC(=O)[C@@H]2OC(C)(C)[C@@H](C)[C@H]2c2ccc(F)c(F)c2OC)cn1. The van der Waals surface area contributed by atoms with Crippen molar-refractivity contribution in [3.05, 3.63) is 47.5 Å². The van der Waals surface area contributed by atoms with Crippen LogP contribution in [-0.4, -0.2) is 34.7 Å². The molecule has 0 saturated carbocycles. The molecule has 156 valence electrons. The van der Waals surface area contributed by atoms with Gasteiger partial charge in [-0.2, -0.15) is 4.39 Å². The fourth-order valence-electron chi connectivity index (χ4n) is 3.68. The predicted molar refractivity (Wildman–Crippen MR) is 104 cm³/mol. The normalized spacial score (nSPS) is 23.1. The minimum absolute atomic E-state index is 0.171. The second-order valence-corrected chi connectivity index (χ2v) is 7.67. The third-order valence-electron chi connectivity index (χ3n) is 5.58. The van der Waals surface area contributed by atoms with Gasteiger partial charge in [-0.25, -0.2) is 14.4 Å². The summed E-state index contributed by atoms with van der Waals surface area (Å²) in [5.41, 5.74) is 0.164. The number of ether oxygens (including phenoxy) is 2. The first-order valence-corrected chi connectivity index (χ1v) is 9.51. The van der Waals surface area contributed by atoms with E-state index >= 15 is 0 Å². The molecule has 1 fully saturated rings. The van der Waals surface area contributed by atoms with Gasteiger partial charge in [-0.3, -0.25) is 4.79 Å². The van der Waals surface area contributed by atoms with E-state index in [1.165, 1.54) is 25.6 Å². The molecule has 0 spiro atoms. The fraction of sp³-hybridized carbons (Fsp3) is 0.476. The molecule has 8 heteroatoms. The molecule has 0 unspecified atom stereocenters. The molecule has 1 aromatic heterocycles. The molecular weight excluding hydrogens is 380 g/mol. The smallest absolute Gasteiger partial charge is 0.254 e. The van der Waals surface area contributed by atoms with Crippen LogP contribution in [-0.2, 0) is 16.0 Å². The summed E-state index contributed by atoms with van der Waals surface area (Å²) >= 11 is 0. The maximum atomic E-state index is 14.3. The summed E-state index contributed by atoms with van der Waals surface area (Å²) in [5.74, 6) is -2.75. The van der Waals surface area contributed by atoms with Gasteiger partial charge in [-0.05, 0) is 25.8 Å². The molecule has 0 radical (unpaired) electrons. The summed E-state index contributed by atoms with van der Waals surface area (Å²) in [6, 6.07) is 2.49. The lowest BCUT2D eigenvalue weighted by atomic mass is 9.78. The molecule has 1 aromatic carbocycles. The summed E-state index contributed by atoms with van der Waals surface area (Å²) in [6.07, 6.45) is 2.81. The van der Waals surface area contributed by atoms with Gasteiger partial charge < -0.3 is 14.8 Å². The quantitative estimate of drug-likeness (QED) is 0.818. The predicted octanol–water partition coefficient (Wildman–Crippen LogP) is 3.86. The second kappa shape index (κ2) is 8.02. The highest BCUT2D eigenvalue weighted by molar-refractivity contribution is 5.95. The first kappa shape index (κ1) is 21.1. The zero-order valence-corrected chi connectivity index (χ0v) is 17.1. The lowest BCUT2D eigenvalue weighted by Gasteiger charge is -2.25. The minimum Gasteiger partial charge on any atom is -0.493 e. The first-order valence-electron chi connectivity index (χ1n) is 9.51. The first-order chi connectivity index (χ1) is 13.7. The Bertz CT molecular complexity index is 903. The topological polar surface area (TPSA) is 73.3 Å². The van der Waals surface area contributed by atoms with Crippen LogP contribution in [0.4, 0.5) is 14.5 Å². The Balaban J connectivity index is 1.96. The molecule has 2 heterocycles. The number of anilines is 1. The number of carbonyl (C=O) groups is 1. The number of aryl methyl sites for hydroxylation is 1. The Hall–Kier alpha value is -2.61. The van der Waals surface area contributed by atoms with E-state index in [1.54, 1.807) is 0 Å². The highest BCUT2D eigenvalue weighted by atomic mass is 19.2. The Morgan fingerprint density at radius 2 is 1.93 bits per heavy atom. The molecule has 1 aliphatic rings. The number of halogens is 2. The van der Waals surface area contributed by atoms with Gasteiger partial charge in [-0.15, -0.1) is 0 Å². The van der Waals surface area contributed by atoms with Crippen molar-refractivity contribution in [2.45, 2.75) is 51.7 Å². The number of amides is 1. The van der Waals surface area contributed by atoms with Crippen molar-refractivity contribution < 1.29 is 23.0 Å². The number of rotatable bonds is 5. The van der Waals surface area contributed by atoms with Gasteiger partial charge in [0.15, 0.2) is 11.6 Å². The Morgan fingerprint density at radius 3 is 2.52 bits per heavy atom. The van der Waals surface area contributed by atoms with Gasteiger partial charge in [0.05, 0.1) is 30.8 Å². The van der Waals surface area contributed by atoms with Gasteiger partial charge in [0.1, 0.15) is 11.9 Å². The molecular formula is C21H25F2N3O3. The van der Waals surface area contributed by atoms with Crippen LogP contribution in [0.1, 0.15) is 45.0 Å². The monoisotopic (exact) mass is 405 g/mol. The number of methoxy groups -OCH3 is 1. The Kier molecular flexibility index (Phi) is 5.84. The zero-order valence-electron chi connectivity index (χ0n) is 17.1. The van der Waals surface area contributed by atoms with E-state index in [4.69, 9.17) is 9.47 Å². The van der Waals surface area contributed by atoms with E-state index in [1.807, 2.05) is 27.7 Å². The van der Waals surface area contributed by atoms with E-state index < -0.39 is 35.2 Å². The zero-order chi connectivity index (χ0) is 21.3. The molecule has 0 aliphatic carbocycles. The minimum atomic E-state index is -1.08.